The highest BCUT2D eigenvalue weighted by Gasteiger charge is 2.13. The van der Waals surface area contributed by atoms with Crippen molar-refractivity contribution in [2.24, 2.45) is 0 Å². The Labute approximate surface area is 84.0 Å². The largest absolute Gasteiger partial charge is 0.366 e. The van der Waals surface area contributed by atoms with Crippen molar-refractivity contribution in [3.8, 4) is 0 Å². The van der Waals surface area contributed by atoms with Crippen molar-refractivity contribution in [3.05, 3.63) is 35.9 Å². The molecule has 0 radical (unpaired) electrons. The first-order valence-corrected chi connectivity index (χ1v) is 4.52. The summed E-state index contributed by atoms with van der Waals surface area (Å²) < 4.78 is 0. The number of benzene rings is 1. The molecular weight excluding hydrogens is 178 g/mol. The molecule has 3 heteroatoms. The molecule has 0 aliphatic heterocycles. The third-order valence-electron chi connectivity index (χ3n) is 1.46. The fourth-order valence-corrected chi connectivity index (χ4v) is 0.833. The quantitative estimate of drug-likeness (QED) is 0.731. The summed E-state index contributed by atoms with van der Waals surface area (Å²) in [4.78, 5) is 16.3. The second-order valence-electron chi connectivity index (χ2n) is 4.11. The lowest BCUT2D eigenvalue weighted by Gasteiger charge is -2.19. The zero-order chi connectivity index (χ0) is 10.6. The van der Waals surface area contributed by atoms with Crippen LogP contribution in [0.3, 0.4) is 0 Å². The van der Waals surface area contributed by atoms with Crippen molar-refractivity contribution in [1.82, 2.24) is 5.48 Å². The zero-order valence-corrected chi connectivity index (χ0v) is 8.70. The van der Waals surface area contributed by atoms with Crippen LogP contribution in [0.5, 0.6) is 0 Å². The van der Waals surface area contributed by atoms with E-state index in [0.29, 0.717) is 5.56 Å². The number of hydrogen-bond donors (Lipinski definition) is 1. The molecule has 0 bridgehead atoms. The minimum absolute atomic E-state index is 0.232. The Kier molecular flexibility index (Phi) is 3.25. The third-order valence-corrected chi connectivity index (χ3v) is 1.46. The standard InChI is InChI=1S/C11H15NO2/c1-11(2,3)12-14-10(13)9-7-5-4-6-8-9/h4-8,12H,1-3H3. The van der Waals surface area contributed by atoms with Gasteiger partial charge in [-0.2, -0.15) is 0 Å². The van der Waals surface area contributed by atoms with Gasteiger partial charge < -0.3 is 4.84 Å². The van der Waals surface area contributed by atoms with Crippen LogP contribution in [0.25, 0.3) is 0 Å². The molecule has 0 saturated heterocycles. The van der Waals surface area contributed by atoms with Crippen LogP contribution in [-0.4, -0.2) is 11.5 Å². The van der Waals surface area contributed by atoms with Gasteiger partial charge in [-0.3, -0.25) is 0 Å². The number of hydroxylamine groups is 1. The maximum Gasteiger partial charge on any atom is 0.356 e. The molecule has 0 aliphatic carbocycles. The van der Waals surface area contributed by atoms with Crippen molar-refractivity contribution in [3.63, 3.8) is 0 Å². The topological polar surface area (TPSA) is 38.3 Å². The van der Waals surface area contributed by atoms with Gasteiger partial charge in [0.2, 0.25) is 0 Å². The van der Waals surface area contributed by atoms with Gasteiger partial charge in [0.1, 0.15) is 0 Å². The third kappa shape index (κ3) is 3.58. The highest BCUT2D eigenvalue weighted by Crippen LogP contribution is 2.03. The van der Waals surface area contributed by atoms with Crippen LogP contribution in [0.2, 0.25) is 0 Å². The van der Waals surface area contributed by atoms with Crippen LogP contribution in [0.4, 0.5) is 0 Å². The predicted molar refractivity (Wildman–Crippen MR) is 54.7 cm³/mol. The average Bonchev–Trinajstić information content (AvgIpc) is 2.14. The lowest BCUT2D eigenvalue weighted by molar-refractivity contribution is 0.00465. The zero-order valence-electron chi connectivity index (χ0n) is 8.70. The van der Waals surface area contributed by atoms with Crippen molar-refractivity contribution in [1.29, 1.82) is 0 Å². The van der Waals surface area contributed by atoms with Gasteiger partial charge in [0, 0.05) is 5.54 Å². The molecule has 0 heterocycles. The molecule has 1 N–H and O–H groups in total. The average molecular weight is 193 g/mol. The first-order valence-electron chi connectivity index (χ1n) is 4.52. The Morgan fingerprint density at radius 2 is 1.79 bits per heavy atom. The molecule has 14 heavy (non-hydrogen) atoms. The molecule has 0 atom stereocenters. The van der Waals surface area contributed by atoms with Gasteiger partial charge in [-0.25, -0.2) is 4.79 Å². The first-order chi connectivity index (χ1) is 6.49. The summed E-state index contributed by atoms with van der Waals surface area (Å²) in [5.74, 6) is -0.361. The number of nitrogens with one attached hydrogen (secondary N) is 1. The maximum absolute atomic E-state index is 11.4. The molecule has 0 aromatic heterocycles. The summed E-state index contributed by atoms with van der Waals surface area (Å²) in [6.07, 6.45) is 0. The second-order valence-corrected chi connectivity index (χ2v) is 4.11. The molecule has 0 spiro atoms. The van der Waals surface area contributed by atoms with Crippen molar-refractivity contribution in [2.45, 2.75) is 26.3 Å². The number of carbonyl (C=O) groups is 1. The minimum atomic E-state index is -0.361. The van der Waals surface area contributed by atoms with E-state index in [-0.39, 0.29) is 11.5 Å². The van der Waals surface area contributed by atoms with Crippen molar-refractivity contribution in [2.75, 3.05) is 0 Å². The van der Waals surface area contributed by atoms with E-state index in [4.69, 9.17) is 4.84 Å². The van der Waals surface area contributed by atoms with E-state index < -0.39 is 0 Å². The molecule has 0 aliphatic rings. The van der Waals surface area contributed by atoms with E-state index in [1.165, 1.54) is 0 Å². The van der Waals surface area contributed by atoms with E-state index in [0.717, 1.165) is 0 Å². The molecule has 0 fully saturated rings. The molecule has 0 unspecified atom stereocenters. The monoisotopic (exact) mass is 193 g/mol. The fraction of sp³-hybridized carbons (Fsp3) is 0.364. The van der Waals surface area contributed by atoms with Gasteiger partial charge >= 0.3 is 5.97 Å². The van der Waals surface area contributed by atoms with Crippen LogP contribution < -0.4 is 5.48 Å². The van der Waals surface area contributed by atoms with E-state index in [2.05, 4.69) is 5.48 Å². The van der Waals surface area contributed by atoms with Gasteiger partial charge in [0.25, 0.3) is 0 Å². The Morgan fingerprint density at radius 3 is 2.29 bits per heavy atom. The minimum Gasteiger partial charge on any atom is -0.366 e. The van der Waals surface area contributed by atoms with E-state index in [1.54, 1.807) is 24.3 Å². The fourth-order valence-electron chi connectivity index (χ4n) is 0.833. The lowest BCUT2D eigenvalue weighted by Crippen LogP contribution is -2.37. The SMILES string of the molecule is CC(C)(C)NOC(=O)c1ccccc1. The van der Waals surface area contributed by atoms with E-state index >= 15 is 0 Å². The van der Waals surface area contributed by atoms with Gasteiger partial charge in [0.05, 0.1) is 5.56 Å². The molecule has 0 saturated carbocycles. The van der Waals surface area contributed by atoms with E-state index in [1.807, 2.05) is 26.8 Å². The molecule has 1 rings (SSSR count). The maximum atomic E-state index is 11.4. The summed E-state index contributed by atoms with van der Waals surface area (Å²) in [5.41, 5.74) is 2.98. The Hall–Kier alpha value is -1.35. The number of rotatable bonds is 2. The Bertz CT molecular complexity index is 301. The lowest BCUT2D eigenvalue weighted by atomic mass is 10.1. The van der Waals surface area contributed by atoms with Crippen LogP contribution >= 0.6 is 0 Å². The number of carbonyl (C=O) groups excluding carboxylic acids is 1. The molecule has 1 aromatic rings. The van der Waals surface area contributed by atoms with Crippen molar-refractivity contribution >= 4 is 5.97 Å². The summed E-state index contributed by atoms with van der Waals surface area (Å²) in [6.45, 7) is 5.77. The predicted octanol–water partition coefficient (Wildman–Crippen LogP) is 2.15. The van der Waals surface area contributed by atoms with Crippen LogP contribution in [0.1, 0.15) is 31.1 Å². The summed E-state index contributed by atoms with van der Waals surface area (Å²) in [5, 5.41) is 0. The molecule has 3 nitrogen and oxygen atoms in total. The van der Waals surface area contributed by atoms with Crippen molar-refractivity contribution < 1.29 is 9.63 Å². The highest BCUT2D eigenvalue weighted by molar-refractivity contribution is 5.89. The van der Waals surface area contributed by atoms with Gasteiger partial charge in [0.15, 0.2) is 0 Å². The Balaban J connectivity index is 2.52. The molecule has 0 amide bonds. The van der Waals surface area contributed by atoms with Crippen LogP contribution in [0.15, 0.2) is 30.3 Å². The van der Waals surface area contributed by atoms with Gasteiger partial charge in [-0.15, -0.1) is 5.48 Å². The smallest absolute Gasteiger partial charge is 0.356 e. The summed E-state index contributed by atoms with van der Waals surface area (Å²) in [7, 11) is 0. The highest BCUT2D eigenvalue weighted by atomic mass is 16.7. The van der Waals surface area contributed by atoms with Crippen LogP contribution in [-0.2, 0) is 4.84 Å². The van der Waals surface area contributed by atoms with E-state index in [9.17, 15) is 4.79 Å². The van der Waals surface area contributed by atoms with Crippen LogP contribution in [0, 0.1) is 0 Å². The normalized spacial score (nSPS) is 11.1. The molecule has 76 valence electrons. The summed E-state index contributed by atoms with van der Waals surface area (Å²) in [6, 6.07) is 8.88. The first kappa shape index (κ1) is 10.7. The van der Waals surface area contributed by atoms with Gasteiger partial charge in [-0.1, -0.05) is 18.2 Å². The van der Waals surface area contributed by atoms with Gasteiger partial charge in [-0.05, 0) is 32.9 Å². The molecular formula is C11H15NO2. The number of hydrogen-bond acceptors (Lipinski definition) is 3. The molecule has 1 aromatic carbocycles. The Morgan fingerprint density at radius 1 is 1.21 bits per heavy atom. The summed E-state index contributed by atoms with van der Waals surface area (Å²) >= 11 is 0. The second kappa shape index (κ2) is 4.24.